The maximum Gasteiger partial charge on any atom is 0.283 e. The van der Waals surface area contributed by atoms with Gasteiger partial charge in [0, 0.05) is 17.8 Å². The number of hydrogen-bond acceptors (Lipinski definition) is 3. The highest BCUT2D eigenvalue weighted by molar-refractivity contribution is 9.10. The van der Waals surface area contributed by atoms with Crippen LogP contribution < -0.4 is 5.32 Å². The molecule has 1 saturated carbocycles. The molecule has 1 N–H and O–H groups in total. The minimum absolute atomic E-state index is 0.107. The number of nitro groups is 1. The lowest BCUT2D eigenvalue weighted by atomic mass is 10.1. The van der Waals surface area contributed by atoms with Crippen molar-refractivity contribution in [2.75, 3.05) is 5.32 Å². The van der Waals surface area contributed by atoms with Gasteiger partial charge in [-0.15, -0.1) is 0 Å². The summed E-state index contributed by atoms with van der Waals surface area (Å²) >= 11 is 3.23. The molecule has 0 bridgehead atoms. The predicted octanol–water partition coefficient (Wildman–Crippen LogP) is 3.96. The number of halogens is 1. The Kier molecular flexibility index (Phi) is 3.66. The van der Waals surface area contributed by atoms with E-state index in [1.54, 1.807) is 12.1 Å². The van der Waals surface area contributed by atoms with Crippen LogP contribution in [-0.4, -0.2) is 11.0 Å². The van der Waals surface area contributed by atoms with Crippen molar-refractivity contribution in [3.05, 3.63) is 32.8 Å². The zero-order valence-corrected chi connectivity index (χ0v) is 11.2. The molecule has 0 amide bonds. The maximum atomic E-state index is 10.7. The first-order chi connectivity index (χ1) is 8.08. The van der Waals surface area contributed by atoms with Gasteiger partial charge in [-0.05, 0) is 46.8 Å². The van der Waals surface area contributed by atoms with Gasteiger partial charge in [-0.1, -0.05) is 13.3 Å². The average Bonchev–Trinajstić information content (AvgIpc) is 2.64. The molecule has 0 radical (unpaired) electrons. The summed E-state index contributed by atoms with van der Waals surface area (Å²) in [5.41, 5.74) is 1.05. The molecule has 0 aromatic heterocycles. The first kappa shape index (κ1) is 12.4. The molecule has 2 unspecified atom stereocenters. The molecule has 1 fully saturated rings. The SMILES string of the molecule is CC1CCCC1Nc1ccc([N+](=O)[O-])c(Br)c1. The zero-order chi connectivity index (χ0) is 12.4. The highest BCUT2D eigenvalue weighted by Gasteiger charge is 2.23. The molecule has 1 aromatic carbocycles. The smallest absolute Gasteiger partial charge is 0.283 e. The van der Waals surface area contributed by atoms with Crippen LogP contribution in [0.25, 0.3) is 0 Å². The molecule has 17 heavy (non-hydrogen) atoms. The number of nitrogens with one attached hydrogen (secondary N) is 1. The first-order valence-corrected chi connectivity index (χ1v) is 6.57. The number of nitro benzene ring substituents is 1. The number of hydrogen-bond donors (Lipinski definition) is 1. The quantitative estimate of drug-likeness (QED) is 0.679. The summed E-state index contributed by atoms with van der Waals surface area (Å²) < 4.78 is 0.526. The van der Waals surface area contributed by atoms with E-state index in [-0.39, 0.29) is 10.6 Å². The van der Waals surface area contributed by atoms with Crippen LogP contribution in [0.3, 0.4) is 0 Å². The van der Waals surface area contributed by atoms with Gasteiger partial charge in [0.25, 0.3) is 5.69 Å². The number of benzene rings is 1. The second-order valence-electron chi connectivity index (χ2n) is 4.58. The van der Waals surface area contributed by atoms with Gasteiger partial charge in [-0.3, -0.25) is 10.1 Å². The van der Waals surface area contributed by atoms with Crippen LogP contribution >= 0.6 is 15.9 Å². The van der Waals surface area contributed by atoms with E-state index in [4.69, 9.17) is 0 Å². The Bertz CT molecular complexity index is 437. The summed E-state index contributed by atoms with van der Waals surface area (Å²) in [5, 5.41) is 14.1. The molecule has 0 aliphatic heterocycles. The third kappa shape index (κ3) is 2.77. The van der Waals surface area contributed by atoms with Gasteiger partial charge < -0.3 is 5.32 Å². The molecule has 2 rings (SSSR count). The summed E-state index contributed by atoms with van der Waals surface area (Å²) in [5.74, 6) is 0.670. The van der Waals surface area contributed by atoms with Crippen molar-refractivity contribution in [3.8, 4) is 0 Å². The van der Waals surface area contributed by atoms with Crippen molar-refractivity contribution in [1.29, 1.82) is 0 Å². The van der Waals surface area contributed by atoms with E-state index in [1.807, 2.05) is 0 Å². The normalized spacial score (nSPS) is 23.6. The van der Waals surface area contributed by atoms with Gasteiger partial charge in [-0.25, -0.2) is 0 Å². The number of anilines is 1. The topological polar surface area (TPSA) is 55.2 Å². The Morgan fingerprint density at radius 3 is 2.76 bits per heavy atom. The predicted molar refractivity (Wildman–Crippen MR) is 71.2 cm³/mol. The van der Waals surface area contributed by atoms with Crippen LogP contribution in [0, 0.1) is 16.0 Å². The van der Waals surface area contributed by atoms with Crippen LogP contribution in [0.1, 0.15) is 26.2 Å². The first-order valence-electron chi connectivity index (χ1n) is 5.78. The summed E-state index contributed by atoms with van der Waals surface area (Å²) in [7, 11) is 0. The van der Waals surface area contributed by atoms with Crippen LogP contribution in [0.2, 0.25) is 0 Å². The van der Waals surface area contributed by atoms with Gasteiger partial charge in [0.2, 0.25) is 0 Å². The van der Waals surface area contributed by atoms with Gasteiger partial charge >= 0.3 is 0 Å². The molecule has 4 nitrogen and oxygen atoms in total. The molecule has 1 aliphatic rings. The van der Waals surface area contributed by atoms with Crippen LogP contribution in [0.15, 0.2) is 22.7 Å². The Morgan fingerprint density at radius 2 is 2.24 bits per heavy atom. The molecule has 1 aromatic rings. The van der Waals surface area contributed by atoms with Crippen molar-refractivity contribution in [2.45, 2.75) is 32.2 Å². The van der Waals surface area contributed by atoms with Gasteiger partial charge in [0.1, 0.15) is 0 Å². The van der Waals surface area contributed by atoms with Crippen molar-refractivity contribution in [1.82, 2.24) is 0 Å². The van der Waals surface area contributed by atoms with E-state index in [2.05, 4.69) is 28.2 Å². The Morgan fingerprint density at radius 1 is 1.47 bits per heavy atom. The third-order valence-electron chi connectivity index (χ3n) is 3.36. The molecule has 0 saturated heterocycles. The van der Waals surface area contributed by atoms with E-state index in [0.29, 0.717) is 16.4 Å². The van der Waals surface area contributed by atoms with Crippen molar-refractivity contribution >= 4 is 27.3 Å². The van der Waals surface area contributed by atoms with Gasteiger partial charge in [0.15, 0.2) is 0 Å². The zero-order valence-electron chi connectivity index (χ0n) is 9.65. The summed E-state index contributed by atoms with van der Waals surface area (Å²) in [6.45, 7) is 2.24. The number of rotatable bonds is 3. The van der Waals surface area contributed by atoms with Crippen LogP contribution in [-0.2, 0) is 0 Å². The van der Waals surface area contributed by atoms with Gasteiger partial charge in [-0.2, -0.15) is 0 Å². The Hall–Kier alpha value is -1.10. The molecule has 0 heterocycles. The summed E-state index contributed by atoms with van der Waals surface area (Å²) in [6, 6.07) is 5.58. The van der Waals surface area contributed by atoms with Crippen LogP contribution in [0.5, 0.6) is 0 Å². The summed E-state index contributed by atoms with van der Waals surface area (Å²) in [4.78, 5) is 10.3. The van der Waals surface area contributed by atoms with E-state index in [0.717, 1.165) is 5.69 Å². The van der Waals surface area contributed by atoms with Crippen molar-refractivity contribution in [2.24, 2.45) is 5.92 Å². The van der Waals surface area contributed by atoms with E-state index in [9.17, 15) is 10.1 Å². The minimum Gasteiger partial charge on any atom is -0.382 e. The summed E-state index contributed by atoms with van der Waals surface area (Å²) in [6.07, 6.45) is 3.69. The monoisotopic (exact) mass is 298 g/mol. The molecule has 0 spiro atoms. The fourth-order valence-electron chi connectivity index (χ4n) is 2.32. The van der Waals surface area contributed by atoms with E-state index in [1.165, 1.54) is 25.3 Å². The second-order valence-corrected chi connectivity index (χ2v) is 5.44. The maximum absolute atomic E-state index is 10.7. The highest BCUT2D eigenvalue weighted by atomic mass is 79.9. The molecular formula is C12H15BrN2O2. The Labute approximate surface area is 109 Å². The standard InChI is InChI=1S/C12H15BrN2O2/c1-8-3-2-4-11(8)14-9-5-6-12(15(16)17)10(13)7-9/h5-8,11,14H,2-4H2,1H3. The average molecular weight is 299 g/mol. The Balaban J connectivity index is 2.12. The fraction of sp³-hybridized carbons (Fsp3) is 0.500. The third-order valence-corrected chi connectivity index (χ3v) is 3.99. The number of nitrogens with zero attached hydrogens (tertiary/aromatic N) is 1. The molecular weight excluding hydrogens is 284 g/mol. The van der Waals surface area contributed by atoms with Crippen molar-refractivity contribution < 1.29 is 4.92 Å². The largest absolute Gasteiger partial charge is 0.382 e. The fourth-order valence-corrected chi connectivity index (χ4v) is 2.84. The van der Waals surface area contributed by atoms with Crippen LogP contribution in [0.4, 0.5) is 11.4 Å². The molecule has 92 valence electrons. The van der Waals surface area contributed by atoms with Crippen molar-refractivity contribution in [3.63, 3.8) is 0 Å². The van der Waals surface area contributed by atoms with E-state index >= 15 is 0 Å². The lowest BCUT2D eigenvalue weighted by Crippen LogP contribution is -2.21. The molecule has 2 atom stereocenters. The lowest BCUT2D eigenvalue weighted by molar-refractivity contribution is -0.385. The second kappa shape index (κ2) is 5.04. The van der Waals surface area contributed by atoms with Gasteiger partial charge in [0.05, 0.1) is 9.40 Å². The minimum atomic E-state index is -0.383. The highest BCUT2D eigenvalue weighted by Crippen LogP contribution is 2.31. The van der Waals surface area contributed by atoms with E-state index < -0.39 is 0 Å². The lowest BCUT2D eigenvalue weighted by Gasteiger charge is -2.18. The molecule has 5 heteroatoms. The molecule has 1 aliphatic carbocycles.